The minimum absolute atomic E-state index is 0.172. The highest BCUT2D eigenvalue weighted by atomic mass is 16.2. The highest BCUT2D eigenvalue weighted by molar-refractivity contribution is 6.22. The Bertz CT molecular complexity index is 781. The van der Waals surface area contributed by atoms with Crippen molar-refractivity contribution in [1.29, 1.82) is 0 Å². The van der Waals surface area contributed by atoms with Crippen LogP contribution < -0.4 is 5.32 Å². The van der Waals surface area contributed by atoms with Crippen molar-refractivity contribution < 1.29 is 14.4 Å². The van der Waals surface area contributed by atoms with Gasteiger partial charge in [0.2, 0.25) is 0 Å². The third-order valence-corrected chi connectivity index (χ3v) is 5.29. The Labute approximate surface area is 140 Å². The van der Waals surface area contributed by atoms with Gasteiger partial charge < -0.3 is 5.32 Å². The number of hydrogen-bond donors (Lipinski definition) is 1. The fourth-order valence-electron chi connectivity index (χ4n) is 4.07. The summed E-state index contributed by atoms with van der Waals surface area (Å²) in [6.45, 7) is 3.61. The summed E-state index contributed by atoms with van der Waals surface area (Å²) in [6, 6.07) is 4.75. The summed E-state index contributed by atoms with van der Waals surface area (Å²) in [5, 5.41) is 3.08. The molecule has 1 N–H and O–H groups in total. The lowest BCUT2D eigenvalue weighted by Gasteiger charge is -2.19. The first-order valence-electron chi connectivity index (χ1n) is 8.47. The zero-order valence-corrected chi connectivity index (χ0v) is 13.8. The van der Waals surface area contributed by atoms with Crippen LogP contribution in [-0.4, -0.2) is 34.7 Å². The van der Waals surface area contributed by atoms with Crippen LogP contribution in [0.25, 0.3) is 0 Å². The predicted molar refractivity (Wildman–Crippen MR) is 88.7 cm³/mol. The van der Waals surface area contributed by atoms with E-state index in [1.54, 1.807) is 32.0 Å². The molecule has 0 radical (unpaired) electrons. The fourth-order valence-corrected chi connectivity index (χ4v) is 4.07. The molecule has 24 heavy (non-hydrogen) atoms. The zero-order valence-electron chi connectivity index (χ0n) is 13.8. The molecular weight excluding hydrogens is 304 g/mol. The number of allylic oxidation sites excluding steroid dienone is 1. The van der Waals surface area contributed by atoms with E-state index in [-0.39, 0.29) is 29.8 Å². The second-order valence-corrected chi connectivity index (χ2v) is 7.19. The standard InChI is InChI=1S/C19H20N2O3/c1-10(2)21-18(23)14-6-5-13(9-15(14)19(21)24)17(22)20-16-8-11-3-4-12(16)7-11/h3-6,9-12,16H,7-8H2,1-2H3,(H,20,22). The number of nitrogens with one attached hydrogen (secondary N) is 1. The number of fused-ring (bicyclic) bond motifs is 3. The van der Waals surface area contributed by atoms with Crippen LogP contribution >= 0.6 is 0 Å². The summed E-state index contributed by atoms with van der Waals surface area (Å²) in [5.74, 6) is 0.233. The summed E-state index contributed by atoms with van der Waals surface area (Å²) in [7, 11) is 0. The number of carbonyl (C=O) groups is 3. The van der Waals surface area contributed by atoms with E-state index in [9.17, 15) is 14.4 Å². The highest BCUT2D eigenvalue weighted by Gasteiger charge is 2.39. The highest BCUT2D eigenvalue weighted by Crippen LogP contribution is 2.39. The molecular formula is C19H20N2O3. The van der Waals surface area contributed by atoms with Crippen LogP contribution in [0.15, 0.2) is 30.4 Å². The Kier molecular flexibility index (Phi) is 3.34. The molecule has 1 aliphatic heterocycles. The molecule has 0 spiro atoms. The van der Waals surface area contributed by atoms with Gasteiger partial charge in [0.25, 0.3) is 17.7 Å². The van der Waals surface area contributed by atoms with Crippen LogP contribution in [0.2, 0.25) is 0 Å². The molecule has 3 atom stereocenters. The van der Waals surface area contributed by atoms with E-state index in [1.165, 1.54) is 4.90 Å². The van der Waals surface area contributed by atoms with E-state index >= 15 is 0 Å². The van der Waals surface area contributed by atoms with Crippen molar-refractivity contribution in [2.45, 2.75) is 38.8 Å². The summed E-state index contributed by atoms with van der Waals surface area (Å²) >= 11 is 0. The van der Waals surface area contributed by atoms with Gasteiger partial charge in [-0.25, -0.2) is 0 Å². The minimum Gasteiger partial charge on any atom is -0.349 e. The fraction of sp³-hybridized carbons (Fsp3) is 0.421. The number of rotatable bonds is 3. The summed E-state index contributed by atoms with van der Waals surface area (Å²) < 4.78 is 0. The first kappa shape index (κ1) is 15.1. The van der Waals surface area contributed by atoms with Crippen LogP contribution in [0.5, 0.6) is 0 Å². The SMILES string of the molecule is CC(C)N1C(=O)c2ccc(C(=O)NC3CC4C=CC3C4)cc2C1=O. The first-order valence-corrected chi connectivity index (χ1v) is 8.47. The van der Waals surface area contributed by atoms with Crippen molar-refractivity contribution in [2.24, 2.45) is 11.8 Å². The molecule has 1 aromatic rings. The Morgan fingerprint density at radius 2 is 1.88 bits per heavy atom. The van der Waals surface area contributed by atoms with E-state index in [2.05, 4.69) is 17.5 Å². The smallest absolute Gasteiger partial charge is 0.261 e. The minimum atomic E-state index is -0.317. The Balaban J connectivity index is 1.56. The maximum absolute atomic E-state index is 12.5. The van der Waals surface area contributed by atoms with Gasteiger partial charge in [0.05, 0.1) is 11.1 Å². The van der Waals surface area contributed by atoms with Gasteiger partial charge in [-0.05, 0) is 56.7 Å². The molecule has 2 aliphatic carbocycles. The topological polar surface area (TPSA) is 66.5 Å². The van der Waals surface area contributed by atoms with Gasteiger partial charge in [-0.3, -0.25) is 19.3 Å². The number of hydrogen-bond acceptors (Lipinski definition) is 3. The molecule has 2 bridgehead atoms. The third-order valence-electron chi connectivity index (χ3n) is 5.29. The monoisotopic (exact) mass is 324 g/mol. The predicted octanol–water partition coefficient (Wildman–Crippen LogP) is 2.39. The third kappa shape index (κ3) is 2.19. The molecule has 3 unspecified atom stereocenters. The van der Waals surface area contributed by atoms with Gasteiger partial charge in [0.1, 0.15) is 0 Å². The van der Waals surface area contributed by atoms with E-state index in [0.29, 0.717) is 28.5 Å². The van der Waals surface area contributed by atoms with Gasteiger partial charge in [-0.2, -0.15) is 0 Å². The molecule has 0 saturated heterocycles. The van der Waals surface area contributed by atoms with Crippen LogP contribution in [0.3, 0.4) is 0 Å². The van der Waals surface area contributed by atoms with Crippen LogP contribution in [0, 0.1) is 11.8 Å². The molecule has 1 fully saturated rings. The Morgan fingerprint density at radius 1 is 1.12 bits per heavy atom. The van der Waals surface area contributed by atoms with Crippen molar-refractivity contribution in [2.75, 3.05) is 0 Å². The van der Waals surface area contributed by atoms with Gasteiger partial charge in [0, 0.05) is 17.6 Å². The number of imide groups is 1. The molecule has 1 aromatic carbocycles. The van der Waals surface area contributed by atoms with Gasteiger partial charge in [-0.1, -0.05) is 12.2 Å². The average molecular weight is 324 g/mol. The first-order chi connectivity index (χ1) is 11.5. The molecule has 0 aromatic heterocycles. The number of amides is 3. The number of benzene rings is 1. The maximum atomic E-state index is 12.5. The molecule has 124 valence electrons. The lowest BCUT2D eigenvalue weighted by atomic mass is 10.0. The van der Waals surface area contributed by atoms with Crippen LogP contribution in [0.4, 0.5) is 0 Å². The lowest BCUT2D eigenvalue weighted by molar-refractivity contribution is 0.0609. The molecule has 1 heterocycles. The Hall–Kier alpha value is -2.43. The van der Waals surface area contributed by atoms with E-state index < -0.39 is 0 Å². The van der Waals surface area contributed by atoms with Crippen molar-refractivity contribution in [3.63, 3.8) is 0 Å². The second kappa shape index (κ2) is 5.30. The molecule has 5 nitrogen and oxygen atoms in total. The van der Waals surface area contributed by atoms with E-state index in [4.69, 9.17) is 0 Å². The molecule has 5 heteroatoms. The molecule has 3 aliphatic rings. The van der Waals surface area contributed by atoms with Crippen molar-refractivity contribution in [3.05, 3.63) is 47.0 Å². The molecule has 3 amide bonds. The largest absolute Gasteiger partial charge is 0.349 e. The van der Waals surface area contributed by atoms with Crippen LogP contribution in [0.1, 0.15) is 57.8 Å². The van der Waals surface area contributed by atoms with Crippen LogP contribution in [-0.2, 0) is 0 Å². The van der Waals surface area contributed by atoms with Crippen molar-refractivity contribution in [1.82, 2.24) is 10.2 Å². The average Bonchev–Trinajstić information content (AvgIpc) is 3.22. The second-order valence-electron chi connectivity index (χ2n) is 7.19. The summed E-state index contributed by atoms with van der Waals surface area (Å²) in [4.78, 5) is 38.5. The van der Waals surface area contributed by atoms with Gasteiger partial charge in [-0.15, -0.1) is 0 Å². The summed E-state index contributed by atoms with van der Waals surface area (Å²) in [5.41, 5.74) is 1.15. The number of carbonyl (C=O) groups excluding carboxylic acids is 3. The Morgan fingerprint density at radius 3 is 2.50 bits per heavy atom. The van der Waals surface area contributed by atoms with Gasteiger partial charge in [0.15, 0.2) is 0 Å². The summed E-state index contributed by atoms with van der Waals surface area (Å²) in [6.07, 6.45) is 6.51. The zero-order chi connectivity index (χ0) is 17.0. The van der Waals surface area contributed by atoms with E-state index in [0.717, 1.165) is 12.8 Å². The van der Waals surface area contributed by atoms with Crippen molar-refractivity contribution >= 4 is 17.7 Å². The quantitative estimate of drug-likeness (QED) is 0.686. The van der Waals surface area contributed by atoms with Crippen molar-refractivity contribution in [3.8, 4) is 0 Å². The molecule has 1 saturated carbocycles. The lowest BCUT2D eigenvalue weighted by Crippen LogP contribution is -2.37. The number of nitrogens with zero attached hydrogens (tertiary/aromatic N) is 1. The van der Waals surface area contributed by atoms with E-state index in [1.807, 2.05) is 0 Å². The maximum Gasteiger partial charge on any atom is 0.261 e. The van der Waals surface area contributed by atoms with Gasteiger partial charge >= 0.3 is 0 Å². The molecule has 4 rings (SSSR count). The normalized spacial score (nSPS) is 27.3.